The molecule has 0 bridgehead atoms. The Morgan fingerprint density at radius 2 is 0.835 bits per heavy atom. The number of nitrogen functional groups attached to an aromatic ring is 4. The summed E-state index contributed by atoms with van der Waals surface area (Å²) in [6.45, 7) is -4.29. The van der Waals surface area contributed by atoms with Crippen LogP contribution in [0.15, 0.2) is 64.9 Å². The predicted octanol–water partition coefficient (Wildman–Crippen LogP) is -4.34. The van der Waals surface area contributed by atoms with Crippen LogP contribution >= 0.6 is 39.1 Å². The third-order valence-corrected chi connectivity index (χ3v) is 22.1. The number of fused-ring (bicyclic) bond motifs is 4. The third-order valence-electron chi connectivity index (χ3n) is 17.6. The van der Waals surface area contributed by atoms with E-state index in [0.29, 0.717) is 0 Å². The summed E-state index contributed by atoms with van der Waals surface area (Å²) >= 11 is 0. The molecule has 5 fully saturated rings. The number of nitrogens with zero attached hydrogens (tertiary/aromatic N) is 16. The maximum atomic E-state index is 14.5. The highest BCUT2D eigenvalue weighted by Crippen LogP contribution is 2.56. The molecule has 9 aromatic rings. The second-order valence-electron chi connectivity index (χ2n) is 24.6. The summed E-state index contributed by atoms with van der Waals surface area (Å²) in [5, 5.41) is 45.6. The van der Waals surface area contributed by atoms with Gasteiger partial charge in [0.25, 0.3) is 11.1 Å². The van der Waals surface area contributed by atoms with E-state index in [2.05, 4.69) is 64.8 Å². The molecule has 0 amide bonds. The smallest absolute Gasteiger partial charge is 0.394 e. The molecule has 59 heteroatoms. The molecule has 5 aliphatic rings. The number of aliphatic hydroxyl groups is 4. The standard InChI is InChI=1S/C50H63N22O32P5/c1-17-4-68(50(79)67-44(17)77)25-3-19(21(96-25)6-91-106(83,84)100-18-2-26(95-20(18)5-73)69-13-61-27-37(51)55-10-58-40(27)69)101-107(85,86)92-8-23-36(33(76)48(99-23)72-16-64-30-43(72)65-49(54)66-45(30)78)104-109(89,90)94-9-24-35(32(75)47(98-24)71-15-63-29-39(53)57-12-60-42(29)71)103-108(87,88)93-7-22-34(102-105(80,81)82)31(74)46(97-22)70-14-62-28-38(52)56-11-59-41(28)70/h4,10-16,18-26,31-36,46-48,73-76H,2-3,5-9H2,1H3,(H,83,84)(H,85,86)(H,87,88)(H,89,90)(H2,51,55,58)(H2,52,56,59)(H2,53,57,60)(H,67,77,79)(H2,80,81,82)(H3,54,65,66,78)/t18-,19-,20+,21+,22+,23+,24+,25+,26+,31+,32+,33+,34+,35+,36+,46+,47+,48+/m0/s1. The molecule has 0 spiro atoms. The number of nitrogens with one attached hydrogen (secondary N) is 2. The predicted molar refractivity (Wildman–Crippen MR) is 351 cm³/mol. The molecule has 14 heterocycles. The second kappa shape index (κ2) is 30.0. The molecule has 22 atom stereocenters. The first kappa shape index (κ1) is 77.8. The summed E-state index contributed by atoms with van der Waals surface area (Å²) in [5.74, 6) is -0.735. The number of imidazole rings is 4. The third kappa shape index (κ3) is 16.0. The maximum absolute atomic E-state index is 14.5. The molecule has 0 aliphatic carbocycles. The fourth-order valence-electron chi connectivity index (χ4n) is 12.6. The Hall–Kier alpha value is -7.93. The van der Waals surface area contributed by atoms with Gasteiger partial charge >= 0.3 is 44.8 Å². The number of aliphatic hydroxyl groups excluding tert-OH is 4. The number of rotatable bonds is 28. The van der Waals surface area contributed by atoms with E-state index in [9.17, 15) is 87.0 Å². The molecule has 14 rings (SSSR count). The molecule has 4 unspecified atom stereocenters. The van der Waals surface area contributed by atoms with Crippen molar-refractivity contribution in [3.8, 4) is 0 Å². The van der Waals surface area contributed by atoms with Crippen molar-refractivity contribution < 1.29 is 137 Å². The van der Waals surface area contributed by atoms with E-state index in [4.69, 9.17) is 87.3 Å². The maximum Gasteiger partial charge on any atom is 0.472 e. The highest BCUT2D eigenvalue weighted by molar-refractivity contribution is 7.48. The fraction of sp³-hybridized carbons (Fsp3) is 0.520. The lowest BCUT2D eigenvalue weighted by molar-refractivity contribution is -0.0645. The first-order valence-electron chi connectivity index (χ1n) is 31.6. The van der Waals surface area contributed by atoms with E-state index in [1.807, 2.05) is 0 Å². The molecule has 20 N–H and O–H groups in total. The molecule has 0 radical (unpaired) electrons. The van der Waals surface area contributed by atoms with Crippen LogP contribution in [-0.2, 0) is 87.2 Å². The summed E-state index contributed by atoms with van der Waals surface area (Å²) < 4.78 is 152. The van der Waals surface area contributed by atoms with Crippen molar-refractivity contribution in [2.45, 2.75) is 130 Å². The summed E-state index contributed by atoms with van der Waals surface area (Å²) in [6.07, 6.45) is -25.2. The number of phosphoric ester groups is 5. The van der Waals surface area contributed by atoms with Crippen molar-refractivity contribution in [3.63, 3.8) is 0 Å². The zero-order valence-corrected chi connectivity index (χ0v) is 59.6. The monoisotopic (exact) mass is 1640 g/mol. The number of hydrogen-bond donors (Lipinski definition) is 16. The lowest BCUT2D eigenvalue weighted by Crippen LogP contribution is -2.38. The van der Waals surface area contributed by atoms with Crippen molar-refractivity contribution in [2.24, 2.45) is 0 Å². The Labute approximate surface area is 603 Å². The van der Waals surface area contributed by atoms with E-state index < -0.39 is 217 Å². The van der Waals surface area contributed by atoms with Gasteiger partial charge in [-0.3, -0.25) is 83.1 Å². The average molecular weight is 1640 g/mol. The summed E-state index contributed by atoms with van der Waals surface area (Å²) in [7, 11) is -28.1. The van der Waals surface area contributed by atoms with Crippen LogP contribution in [0, 0.1) is 6.92 Å². The number of H-pyrrole nitrogens is 2. The molecule has 54 nitrogen and oxygen atoms in total. The average Bonchev–Trinajstić information content (AvgIpc) is 1.63. The minimum Gasteiger partial charge on any atom is -0.394 e. The van der Waals surface area contributed by atoms with Crippen LogP contribution < -0.4 is 39.7 Å². The fourth-order valence-corrected chi connectivity index (χ4v) is 17.1. The number of aryl methyl sites for hydroxylation is 1. The summed E-state index contributed by atoms with van der Waals surface area (Å²) in [4.78, 5) is 152. The number of nitrogens with two attached hydrogens (primary N) is 4. The topological polar surface area (TPSA) is 770 Å². The van der Waals surface area contributed by atoms with Gasteiger partial charge in [-0.15, -0.1) is 0 Å². The Morgan fingerprint density at radius 3 is 1.28 bits per heavy atom. The number of aromatic amines is 2. The van der Waals surface area contributed by atoms with Crippen molar-refractivity contribution in [3.05, 3.63) is 87.2 Å². The van der Waals surface area contributed by atoms with Crippen LogP contribution in [0.25, 0.3) is 44.7 Å². The van der Waals surface area contributed by atoms with E-state index in [0.717, 1.165) is 62.4 Å². The van der Waals surface area contributed by atoms with Crippen LogP contribution in [-0.4, -0.2) is 250 Å². The van der Waals surface area contributed by atoms with E-state index in [1.165, 1.54) is 17.8 Å². The highest BCUT2D eigenvalue weighted by atomic mass is 31.2. The van der Waals surface area contributed by atoms with Gasteiger partial charge in [0.15, 0.2) is 64.2 Å². The van der Waals surface area contributed by atoms with E-state index in [1.54, 1.807) is 0 Å². The van der Waals surface area contributed by atoms with Crippen LogP contribution in [0.1, 0.15) is 49.5 Å². The Balaban J connectivity index is 0.694. The summed E-state index contributed by atoms with van der Waals surface area (Å²) in [5.41, 5.74) is 20.3. The zero-order valence-electron chi connectivity index (χ0n) is 55.1. The molecule has 9 aromatic heterocycles. The van der Waals surface area contributed by atoms with Crippen LogP contribution in [0.2, 0.25) is 0 Å². The molecule has 0 saturated carbocycles. The highest BCUT2D eigenvalue weighted by Gasteiger charge is 2.56. The minimum atomic E-state index is -5.88. The number of anilines is 4. The number of aromatic nitrogens is 18. The van der Waals surface area contributed by atoms with Gasteiger partial charge in [-0.1, -0.05) is 0 Å². The molecular weight excluding hydrogens is 1580 g/mol. The Bertz CT molecular complexity index is 5370. The Morgan fingerprint density at radius 1 is 0.459 bits per heavy atom. The molecular formula is C50H63N22O32P5. The van der Waals surface area contributed by atoms with Crippen molar-refractivity contribution >= 4 is 107 Å². The van der Waals surface area contributed by atoms with Gasteiger partial charge in [0.2, 0.25) is 5.95 Å². The first-order chi connectivity index (χ1) is 51.5. The lowest BCUT2D eigenvalue weighted by Gasteiger charge is -2.26. The zero-order chi connectivity index (χ0) is 77.7. The van der Waals surface area contributed by atoms with Crippen LogP contribution in [0.5, 0.6) is 0 Å². The Kier molecular flexibility index (Phi) is 21.4. The summed E-state index contributed by atoms with van der Waals surface area (Å²) in [6, 6.07) is 0. The van der Waals surface area contributed by atoms with Crippen LogP contribution in [0.4, 0.5) is 23.4 Å². The van der Waals surface area contributed by atoms with Gasteiger partial charge in [-0.25, -0.2) is 77.5 Å². The number of hydrogen-bond acceptors (Lipinski definition) is 41. The first-order valence-corrected chi connectivity index (χ1v) is 39.2. The van der Waals surface area contributed by atoms with E-state index in [-0.39, 0.29) is 68.6 Å². The minimum absolute atomic E-state index is 0.00936. The van der Waals surface area contributed by atoms with E-state index >= 15 is 0 Å². The number of ether oxygens (including phenoxy) is 5. The van der Waals surface area contributed by atoms with Crippen molar-refractivity contribution in [1.29, 1.82) is 0 Å². The molecule has 0 aromatic carbocycles. The van der Waals surface area contributed by atoms with Gasteiger partial charge in [-0.05, 0) is 6.92 Å². The van der Waals surface area contributed by atoms with Gasteiger partial charge < -0.3 is 96.4 Å². The van der Waals surface area contributed by atoms with Crippen molar-refractivity contribution in [2.75, 3.05) is 56.0 Å². The van der Waals surface area contributed by atoms with Crippen molar-refractivity contribution in [1.82, 2.24) is 87.6 Å². The van der Waals surface area contributed by atoms with Gasteiger partial charge in [-0.2, -0.15) is 4.98 Å². The molecule has 109 heavy (non-hydrogen) atoms. The van der Waals surface area contributed by atoms with Gasteiger partial charge in [0.05, 0.1) is 58.3 Å². The molecule has 5 saturated heterocycles. The number of phosphoric acid groups is 5. The SMILES string of the molecule is Cc1cn([C@H]2C[C@H](OP(=O)(O)OC[C@H]3O[C@@H](n4cnc5c(=O)[nH]c(N)nc54)[C@H](O)[C@@H]3OP(=O)(O)OC[C@H]3O[C@@H](n4cnc5c(N)ncnc54)[C@H](O)[C@@H]3OP(=O)(O)OC[C@H]3O[C@@H](n4cnc5c(N)ncnc54)[C@H](O)[C@@H]3OP(=O)(O)O)[C@@H](COP(=O)(O)O[C@H]3C[C@H](n4cnc5c(N)ncnc54)O[C@@H]3CO)O2)c(=O)[nH]c1=O. The van der Waals surface area contributed by atoms with Crippen LogP contribution in [0.3, 0.4) is 0 Å². The van der Waals surface area contributed by atoms with Gasteiger partial charge in [0, 0.05) is 24.6 Å². The van der Waals surface area contributed by atoms with Gasteiger partial charge in [0.1, 0.15) is 127 Å². The second-order valence-corrected chi connectivity index (χ2v) is 31.4. The normalized spacial score (nSPS) is 30.4. The molecule has 5 aliphatic heterocycles. The largest absolute Gasteiger partial charge is 0.472 e. The molecule has 590 valence electrons. The lowest BCUT2D eigenvalue weighted by atomic mass is 10.1. The quantitative estimate of drug-likeness (QED) is 0.0206.